The fraction of sp³-hybridized carbons (Fsp3) is 0.375. The van der Waals surface area contributed by atoms with Crippen molar-refractivity contribution in [2.45, 2.75) is 30.4 Å². The molecular formula is C16H18N4O3S. The van der Waals surface area contributed by atoms with Crippen molar-refractivity contribution >= 4 is 10.0 Å². The van der Waals surface area contributed by atoms with E-state index in [0.717, 1.165) is 0 Å². The maximum absolute atomic E-state index is 12.7. The van der Waals surface area contributed by atoms with Crippen LogP contribution in [0.25, 0.3) is 0 Å². The van der Waals surface area contributed by atoms with Crippen molar-refractivity contribution in [2.75, 3.05) is 6.61 Å². The van der Waals surface area contributed by atoms with Gasteiger partial charge in [-0.2, -0.15) is 5.26 Å². The topological polar surface area (TPSA) is 97.0 Å². The first-order chi connectivity index (χ1) is 11.4. The van der Waals surface area contributed by atoms with Gasteiger partial charge >= 0.3 is 0 Å². The van der Waals surface area contributed by atoms with Crippen LogP contribution in [-0.4, -0.2) is 30.6 Å². The number of imidazole rings is 1. The number of nitriles is 1. The zero-order valence-corrected chi connectivity index (χ0v) is 14.2. The van der Waals surface area contributed by atoms with Gasteiger partial charge in [-0.05, 0) is 37.1 Å². The Labute approximate surface area is 140 Å². The van der Waals surface area contributed by atoms with E-state index in [0.29, 0.717) is 30.0 Å². The normalized spacial score (nSPS) is 20.9. The molecule has 0 bridgehead atoms. The number of aryl methyl sites for hydroxylation is 2. The fourth-order valence-electron chi connectivity index (χ4n) is 2.81. The molecule has 0 spiro atoms. The highest BCUT2D eigenvalue weighted by molar-refractivity contribution is 7.89. The van der Waals surface area contributed by atoms with Gasteiger partial charge in [-0.3, -0.25) is 0 Å². The van der Waals surface area contributed by atoms with E-state index < -0.39 is 16.1 Å². The largest absolute Gasteiger partial charge is 0.369 e. The standard InChI is InChI=1S/C16H18N4O3S/c1-11-9-13(4-3-12(11)10-17)24(21,22)19-14-5-8-23-15(14)16-18-6-7-20(16)2/h3-4,6-7,9,14-15,19H,5,8H2,1-2H3/t14-,15-/m0/s1. The van der Waals surface area contributed by atoms with Gasteiger partial charge in [-0.25, -0.2) is 18.1 Å². The maximum Gasteiger partial charge on any atom is 0.240 e. The molecule has 0 saturated carbocycles. The lowest BCUT2D eigenvalue weighted by Gasteiger charge is -2.19. The van der Waals surface area contributed by atoms with Gasteiger partial charge in [0, 0.05) is 26.0 Å². The van der Waals surface area contributed by atoms with Crippen LogP contribution in [0.15, 0.2) is 35.5 Å². The van der Waals surface area contributed by atoms with Crippen LogP contribution in [-0.2, 0) is 21.8 Å². The highest BCUT2D eigenvalue weighted by Crippen LogP contribution is 2.29. The number of hydrogen-bond donors (Lipinski definition) is 1. The average Bonchev–Trinajstić information content (AvgIpc) is 3.15. The molecule has 1 saturated heterocycles. The van der Waals surface area contributed by atoms with Crippen LogP contribution in [0.5, 0.6) is 0 Å². The molecule has 1 aliphatic rings. The van der Waals surface area contributed by atoms with Crippen molar-refractivity contribution < 1.29 is 13.2 Å². The fourth-order valence-corrected chi connectivity index (χ4v) is 4.17. The van der Waals surface area contributed by atoms with Gasteiger partial charge in [-0.15, -0.1) is 0 Å². The Hall–Kier alpha value is -2.21. The summed E-state index contributed by atoms with van der Waals surface area (Å²) in [5, 5.41) is 8.97. The van der Waals surface area contributed by atoms with Gasteiger partial charge in [0.2, 0.25) is 10.0 Å². The summed E-state index contributed by atoms with van der Waals surface area (Å²) in [4.78, 5) is 4.40. The van der Waals surface area contributed by atoms with Gasteiger partial charge in [0.05, 0.1) is 22.6 Å². The maximum atomic E-state index is 12.7. The van der Waals surface area contributed by atoms with Crippen molar-refractivity contribution in [2.24, 2.45) is 7.05 Å². The number of ether oxygens (including phenoxy) is 1. The zero-order valence-electron chi connectivity index (χ0n) is 13.4. The predicted molar refractivity (Wildman–Crippen MR) is 86.5 cm³/mol. The minimum atomic E-state index is -3.70. The molecule has 126 valence electrons. The summed E-state index contributed by atoms with van der Waals surface area (Å²) in [6.45, 7) is 2.18. The minimum Gasteiger partial charge on any atom is -0.369 e. The van der Waals surface area contributed by atoms with E-state index in [-0.39, 0.29) is 10.9 Å². The molecule has 2 atom stereocenters. The predicted octanol–water partition coefficient (Wildman–Crippen LogP) is 1.41. The summed E-state index contributed by atoms with van der Waals surface area (Å²) < 4.78 is 35.5. The molecule has 0 unspecified atom stereocenters. The second kappa shape index (κ2) is 6.36. The number of sulfonamides is 1. The minimum absolute atomic E-state index is 0.143. The number of benzene rings is 1. The molecule has 24 heavy (non-hydrogen) atoms. The first kappa shape index (κ1) is 16.6. The van der Waals surface area contributed by atoms with E-state index in [9.17, 15) is 8.42 Å². The first-order valence-electron chi connectivity index (χ1n) is 7.54. The van der Waals surface area contributed by atoms with E-state index in [1.165, 1.54) is 18.2 Å². The van der Waals surface area contributed by atoms with E-state index in [1.54, 1.807) is 19.3 Å². The van der Waals surface area contributed by atoms with E-state index in [2.05, 4.69) is 9.71 Å². The molecule has 2 aromatic rings. The van der Waals surface area contributed by atoms with Gasteiger partial charge in [-0.1, -0.05) is 0 Å². The van der Waals surface area contributed by atoms with Crippen molar-refractivity contribution in [3.63, 3.8) is 0 Å². The number of nitrogens with zero attached hydrogens (tertiary/aromatic N) is 3. The smallest absolute Gasteiger partial charge is 0.240 e. The highest BCUT2D eigenvalue weighted by atomic mass is 32.2. The van der Waals surface area contributed by atoms with Gasteiger partial charge < -0.3 is 9.30 Å². The molecule has 8 heteroatoms. The van der Waals surface area contributed by atoms with Crippen LogP contribution in [0.1, 0.15) is 29.5 Å². The van der Waals surface area contributed by atoms with E-state index >= 15 is 0 Å². The lowest BCUT2D eigenvalue weighted by molar-refractivity contribution is 0.0933. The summed E-state index contributed by atoms with van der Waals surface area (Å²) in [5.74, 6) is 0.691. The Bertz CT molecular complexity index is 898. The van der Waals surface area contributed by atoms with Crippen LogP contribution in [0.4, 0.5) is 0 Å². The Balaban J connectivity index is 1.85. The quantitative estimate of drug-likeness (QED) is 0.903. The summed E-state index contributed by atoms with van der Waals surface area (Å²) in [7, 11) is -1.86. The molecular weight excluding hydrogens is 328 g/mol. The molecule has 1 aliphatic heterocycles. The van der Waals surface area contributed by atoms with Gasteiger partial charge in [0.25, 0.3) is 0 Å². The summed E-state index contributed by atoms with van der Waals surface area (Å²) in [6.07, 6.45) is 3.62. The molecule has 1 aromatic heterocycles. The molecule has 0 aliphatic carbocycles. The first-order valence-corrected chi connectivity index (χ1v) is 9.02. The molecule has 7 nitrogen and oxygen atoms in total. The summed E-state index contributed by atoms with van der Waals surface area (Å²) >= 11 is 0. The Morgan fingerprint density at radius 1 is 1.46 bits per heavy atom. The number of nitrogens with one attached hydrogen (secondary N) is 1. The van der Waals surface area contributed by atoms with Crippen LogP contribution in [0.2, 0.25) is 0 Å². The molecule has 2 heterocycles. The molecule has 1 N–H and O–H groups in total. The van der Waals surface area contributed by atoms with Crippen molar-refractivity contribution in [3.8, 4) is 6.07 Å². The van der Waals surface area contributed by atoms with Crippen molar-refractivity contribution in [3.05, 3.63) is 47.5 Å². The molecule has 1 aromatic carbocycles. The number of aromatic nitrogens is 2. The Kier molecular flexibility index (Phi) is 4.41. The molecule has 0 amide bonds. The second-order valence-electron chi connectivity index (χ2n) is 5.79. The van der Waals surface area contributed by atoms with Crippen LogP contribution < -0.4 is 4.72 Å². The monoisotopic (exact) mass is 346 g/mol. The van der Waals surface area contributed by atoms with Crippen LogP contribution >= 0.6 is 0 Å². The number of hydrogen-bond acceptors (Lipinski definition) is 5. The Morgan fingerprint density at radius 2 is 2.25 bits per heavy atom. The number of rotatable bonds is 4. The highest BCUT2D eigenvalue weighted by Gasteiger charge is 2.35. The third-order valence-electron chi connectivity index (χ3n) is 4.14. The molecule has 3 rings (SSSR count). The summed E-state index contributed by atoms with van der Waals surface area (Å²) in [6, 6.07) is 6.12. The van der Waals surface area contributed by atoms with E-state index in [1.807, 2.05) is 17.7 Å². The Morgan fingerprint density at radius 3 is 2.88 bits per heavy atom. The lowest BCUT2D eigenvalue weighted by atomic mass is 10.1. The lowest BCUT2D eigenvalue weighted by Crippen LogP contribution is -2.37. The van der Waals surface area contributed by atoms with Crippen LogP contribution in [0, 0.1) is 18.3 Å². The van der Waals surface area contributed by atoms with Crippen molar-refractivity contribution in [1.29, 1.82) is 5.26 Å². The molecule has 1 fully saturated rings. The van der Waals surface area contributed by atoms with Gasteiger partial charge in [0.1, 0.15) is 11.9 Å². The second-order valence-corrected chi connectivity index (χ2v) is 7.51. The van der Waals surface area contributed by atoms with E-state index in [4.69, 9.17) is 10.00 Å². The third-order valence-corrected chi connectivity index (χ3v) is 5.63. The summed E-state index contributed by atoms with van der Waals surface area (Å²) in [5.41, 5.74) is 1.09. The van der Waals surface area contributed by atoms with Gasteiger partial charge in [0.15, 0.2) is 0 Å². The third kappa shape index (κ3) is 3.06. The zero-order chi connectivity index (χ0) is 17.3. The molecule has 0 radical (unpaired) electrons. The SMILES string of the molecule is Cc1cc(S(=O)(=O)N[C@H]2CCO[C@@H]2c2nccn2C)ccc1C#N. The van der Waals surface area contributed by atoms with Crippen LogP contribution in [0.3, 0.4) is 0 Å². The van der Waals surface area contributed by atoms with Crippen molar-refractivity contribution in [1.82, 2.24) is 14.3 Å². The average molecular weight is 346 g/mol.